The zero-order chi connectivity index (χ0) is 22.9. The molecule has 0 aromatic heterocycles. The summed E-state index contributed by atoms with van der Waals surface area (Å²) in [7, 11) is -1.61. The Bertz CT molecular complexity index is 1050. The van der Waals surface area contributed by atoms with Crippen LogP contribution in [0.1, 0.15) is 25.3 Å². The molecule has 8 heteroatoms. The van der Waals surface area contributed by atoms with Crippen molar-refractivity contribution in [3.63, 3.8) is 0 Å². The van der Waals surface area contributed by atoms with Crippen molar-refractivity contribution in [2.75, 3.05) is 43.2 Å². The summed E-state index contributed by atoms with van der Waals surface area (Å²) in [5.41, 5.74) is 1.95. The Morgan fingerprint density at radius 1 is 0.969 bits per heavy atom. The van der Waals surface area contributed by atoms with Crippen LogP contribution in [0.4, 0.5) is 5.69 Å². The van der Waals surface area contributed by atoms with Crippen LogP contribution < -0.4 is 14.4 Å². The maximum absolute atomic E-state index is 13.1. The average Bonchev–Trinajstić information content (AvgIpc) is 3.09. The maximum atomic E-state index is 13.1. The van der Waals surface area contributed by atoms with E-state index in [1.165, 1.54) is 5.56 Å². The summed E-state index contributed by atoms with van der Waals surface area (Å²) in [5.74, 6) is 1.82. The minimum absolute atomic E-state index is 0.00875. The van der Waals surface area contributed by atoms with E-state index in [0.29, 0.717) is 24.8 Å². The summed E-state index contributed by atoms with van der Waals surface area (Å²) in [6.07, 6.45) is 0. The Kier molecular flexibility index (Phi) is 6.44. The number of nitrogens with zero attached hydrogens (tertiary/aromatic N) is 2. The highest BCUT2D eigenvalue weighted by atomic mass is 32.2. The number of sulfone groups is 1. The largest absolute Gasteiger partial charge is 0.497 e. The number of benzene rings is 2. The molecule has 0 radical (unpaired) electrons. The van der Waals surface area contributed by atoms with Gasteiger partial charge in [0.15, 0.2) is 9.84 Å². The lowest BCUT2D eigenvalue weighted by molar-refractivity contribution is -0.123. The summed E-state index contributed by atoms with van der Waals surface area (Å²) in [4.78, 5) is 16.8. The van der Waals surface area contributed by atoms with Crippen molar-refractivity contribution in [2.24, 2.45) is 0 Å². The fourth-order valence-corrected chi connectivity index (χ4v) is 6.49. The first-order valence-corrected chi connectivity index (χ1v) is 12.7. The lowest BCUT2D eigenvalue weighted by atomic mass is 10.0. The normalized spacial score (nSPS) is 22.8. The molecule has 2 saturated heterocycles. The van der Waals surface area contributed by atoms with Gasteiger partial charge in [0.05, 0.1) is 31.2 Å². The van der Waals surface area contributed by atoms with Gasteiger partial charge < -0.3 is 14.4 Å². The second kappa shape index (κ2) is 9.11. The number of methoxy groups -OCH3 is 1. The Labute approximate surface area is 189 Å². The van der Waals surface area contributed by atoms with Crippen LogP contribution in [0.5, 0.6) is 11.5 Å². The van der Waals surface area contributed by atoms with E-state index in [9.17, 15) is 13.2 Å². The first-order chi connectivity index (χ1) is 15.3. The third-order valence-corrected chi connectivity index (χ3v) is 7.94. The van der Waals surface area contributed by atoms with Crippen LogP contribution in [-0.4, -0.2) is 69.6 Å². The third kappa shape index (κ3) is 4.76. The van der Waals surface area contributed by atoms with Crippen LogP contribution in [-0.2, 0) is 14.6 Å². The highest BCUT2D eigenvalue weighted by Crippen LogP contribution is 2.32. The second-order valence-corrected chi connectivity index (χ2v) is 10.9. The molecule has 4 rings (SSSR count). The van der Waals surface area contributed by atoms with Gasteiger partial charge in [-0.05, 0) is 47.9 Å². The zero-order valence-electron chi connectivity index (χ0n) is 18.7. The van der Waals surface area contributed by atoms with E-state index in [4.69, 9.17) is 9.47 Å². The predicted molar refractivity (Wildman–Crippen MR) is 124 cm³/mol. The highest BCUT2D eigenvalue weighted by Gasteiger charge is 2.49. The molecular weight excluding hydrogens is 428 g/mol. The molecule has 2 heterocycles. The van der Waals surface area contributed by atoms with Gasteiger partial charge in [-0.25, -0.2) is 8.42 Å². The topological polar surface area (TPSA) is 76.2 Å². The summed E-state index contributed by atoms with van der Waals surface area (Å²) in [5, 5.41) is 0. The van der Waals surface area contributed by atoms with Gasteiger partial charge in [0.25, 0.3) is 0 Å². The summed E-state index contributed by atoms with van der Waals surface area (Å²) >= 11 is 0. The Hall–Kier alpha value is -2.58. The van der Waals surface area contributed by atoms with Gasteiger partial charge >= 0.3 is 0 Å². The molecule has 0 aliphatic carbocycles. The van der Waals surface area contributed by atoms with E-state index in [2.05, 4.69) is 13.8 Å². The molecule has 0 N–H and O–H groups in total. The van der Waals surface area contributed by atoms with Crippen LogP contribution in [0.25, 0.3) is 0 Å². The van der Waals surface area contributed by atoms with Crippen LogP contribution in [0, 0.1) is 0 Å². The predicted octanol–water partition coefficient (Wildman–Crippen LogP) is 2.71. The van der Waals surface area contributed by atoms with Crippen molar-refractivity contribution in [2.45, 2.75) is 31.8 Å². The van der Waals surface area contributed by atoms with Gasteiger partial charge in [0.2, 0.25) is 5.91 Å². The first-order valence-electron chi connectivity index (χ1n) is 10.9. The number of piperazine rings is 1. The van der Waals surface area contributed by atoms with Crippen LogP contribution >= 0.6 is 0 Å². The lowest BCUT2D eigenvalue weighted by Crippen LogP contribution is -2.62. The molecule has 2 atom stereocenters. The van der Waals surface area contributed by atoms with E-state index in [1.807, 2.05) is 53.4 Å². The number of rotatable bonds is 7. The van der Waals surface area contributed by atoms with Gasteiger partial charge in [-0.3, -0.25) is 9.69 Å². The molecule has 0 saturated carbocycles. The SMILES string of the molecule is COc1ccc(OCCN2CC(=O)N(c3ccc(C(C)C)cc3)[C@@H]3CS(=O)(=O)C[C@@H]32)cc1. The number of anilines is 1. The molecule has 2 aliphatic heterocycles. The van der Waals surface area contributed by atoms with Crippen LogP contribution in [0.2, 0.25) is 0 Å². The van der Waals surface area contributed by atoms with Crippen LogP contribution in [0.15, 0.2) is 48.5 Å². The molecule has 0 bridgehead atoms. The Morgan fingerprint density at radius 3 is 2.22 bits per heavy atom. The molecule has 0 unspecified atom stereocenters. The Morgan fingerprint density at radius 2 is 1.59 bits per heavy atom. The van der Waals surface area contributed by atoms with Gasteiger partial charge in [-0.2, -0.15) is 0 Å². The molecule has 172 valence electrons. The number of ether oxygens (including phenoxy) is 2. The smallest absolute Gasteiger partial charge is 0.241 e. The summed E-state index contributed by atoms with van der Waals surface area (Å²) in [6, 6.07) is 14.6. The van der Waals surface area contributed by atoms with Gasteiger partial charge in [0, 0.05) is 18.3 Å². The highest BCUT2D eigenvalue weighted by molar-refractivity contribution is 7.91. The van der Waals surface area contributed by atoms with E-state index in [1.54, 1.807) is 12.0 Å². The zero-order valence-corrected chi connectivity index (χ0v) is 19.5. The van der Waals surface area contributed by atoms with Gasteiger partial charge in [0.1, 0.15) is 18.1 Å². The molecule has 2 aliphatic rings. The van der Waals surface area contributed by atoms with E-state index < -0.39 is 9.84 Å². The second-order valence-electron chi connectivity index (χ2n) is 8.72. The van der Waals surface area contributed by atoms with E-state index >= 15 is 0 Å². The minimum atomic E-state index is -3.22. The molecule has 0 spiro atoms. The molecule has 32 heavy (non-hydrogen) atoms. The number of carbonyl (C=O) groups excluding carboxylic acids is 1. The van der Waals surface area contributed by atoms with Crippen LogP contribution in [0.3, 0.4) is 0 Å². The third-order valence-electron chi connectivity index (χ3n) is 6.25. The number of amides is 1. The van der Waals surface area contributed by atoms with Gasteiger partial charge in [-0.1, -0.05) is 26.0 Å². The average molecular weight is 459 g/mol. The Balaban J connectivity index is 1.47. The number of hydrogen-bond acceptors (Lipinski definition) is 6. The van der Waals surface area contributed by atoms with E-state index in [0.717, 1.165) is 11.4 Å². The minimum Gasteiger partial charge on any atom is -0.497 e. The maximum Gasteiger partial charge on any atom is 0.241 e. The lowest BCUT2D eigenvalue weighted by Gasteiger charge is -2.43. The van der Waals surface area contributed by atoms with E-state index in [-0.39, 0.29) is 36.0 Å². The summed E-state index contributed by atoms with van der Waals surface area (Å²) < 4.78 is 36.0. The van der Waals surface area contributed by atoms with Crippen molar-refractivity contribution in [3.8, 4) is 11.5 Å². The molecule has 2 aromatic rings. The van der Waals surface area contributed by atoms with Crippen molar-refractivity contribution < 1.29 is 22.7 Å². The first kappa shape index (κ1) is 22.6. The fourth-order valence-electron chi connectivity index (χ4n) is 4.51. The monoisotopic (exact) mass is 458 g/mol. The molecular formula is C24H30N2O5S. The fraction of sp³-hybridized carbons (Fsp3) is 0.458. The molecule has 1 amide bonds. The van der Waals surface area contributed by atoms with Gasteiger partial charge in [-0.15, -0.1) is 0 Å². The molecule has 7 nitrogen and oxygen atoms in total. The quantitative estimate of drug-likeness (QED) is 0.635. The molecule has 2 aromatic carbocycles. The van der Waals surface area contributed by atoms with Crippen molar-refractivity contribution in [1.29, 1.82) is 0 Å². The number of fused-ring (bicyclic) bond motifs is 1. The van der Waals surface area contributed by atoms with Crippen molar-refractivity contribution in [3.05, 3.63) is 54.1 Å². The standard InChI is InChI=1S/C24H30N2O5S/c1-17(2)18-4-6-19(7-5-18)26-23-16-32(28,29)15-22(23)25(14-24(26)27)12-13-31-21-10-8-20(30-3)9-11-21/h4-11,17,22-23H,12-16H2,1-3H3/t22-,23+/m0/s1. The number of carbonyl (C=O) groups is 1. The number of hydrogen-bond donors (Lipinski definition) is 0. The van der Waals surface area contributed by atoms with Crippen molar-refractivity contribution >= 4 is 21.4 Å². The van der Waals surface area contributed by atoms with Crippen molar-refractivity contribution in [1.82, 2.24) is 4.90 Å². The summed E-state index contributed by atoms with van der Waals surface area (Å²) in [6.45, 7) is 5.26. The molecule has 2 fully saturated rings.